The first-order chi connectivity index (χ1) is 12.5. The highest BCUT2D eigenvalue weighted by Crippen LogP contribution is 2.25. The number of ether oxygens (including phenoxy) is 1. The number of nitrogens with one attached hydrogen (secondary N) is 1. The molecule has 1 N–H and O–H groups in total. The number of H-pyrrole nitrogens is 1. The van der Waals surface area contributed by atoms with Crippen molar-refractivity contribution in [3.63, 3.8) is 0 Å². The summed E-state index contributed by atoms with van der Waals surface area (Å²) in [6, 6.07) is 10.6. The maximum absolute atomic E-state index is 12.6. The first-order valence-electron chi connectivity index (χ1n) is 8.16. The minimum Gasteiger partial charge on any atom is -0.497 e. The van der Waals surface area contributed by atoms with Gasteiger partial charge in [0.25, 0.3) is 5.91 Å². The van der Waals surface area contributed by atoms with Crippen molar-refractivity contribution in [3.05, 3.63) is 54.1 Å². The Morgan fingerprint density at radius 2 is 2.12 bits per heavy atom. The molecule has 3 aromatic rings. The largest absolute Gasteiger partial charge is 0.497 e. The molecule has 1 aliphatic rings. The zero-order valence-electron chi connectivity index (χ0n) is 14.1. The molecule has 0 radical (unpaired) electrons. The van der Waals surface area contributed by atoms with Gasteiger partial charge in [-0.15, -0.1) is 0 Å². The average Bonchev–Trinajstić information content (AvgIpc) is 3.20. The minimum atomic E-state index is -3.34. The molecule has 1 saturated heterocycles. The zero-order chi connectivity index (χ0) is 18.3. The second kappa shape index (κ2) is 6.21. The van der Waals surface area contributed by atoms with E-state index in [-0.39, 0.29) is 24.7 Å². The highest BCUT2D eigenvalue weighted by atomic mass is 32.2. The number of aromatic nitrogens is 1. The van der Waals surface area contributed by atoms with E-state index in [1.54, 1.807) is 25.3 Å². The van der Waals surface area contributed by atoms with Gasteiger partial charge in [-0.2, -0.15) is 0 Å². The van der Waals surface area contributed by atoms with E-state index in [0.717, 1.165) is 10.9 Å². The lowest BCUT2D eigenvalue weighted by Crippen LogP contribution is -2.57. The molecular weight excluding hydrogens is 356 g/mol. The van der Waals surface area contributed by atoms with Gasteiger partial charge >= 0.3 is 0 Å². The van der Waals surface area contributed by atoms with Gasteiger partial charge < -0.3 is 19.0 Å². The normalized spacial score (nSPS) is 15.2. The van der Waals surface area contributed by atoms with Crippen LogP contribution in [0.1, 0.15) is 16.2 Å². The molecule has 0 unspecified atom stereocenters. The highest BCUT2D eigenvalue weighted by Gasteiger charge is 2.40. The lowest BCUT2D eigenvalue weighted by atomic mass is 10.2. The van der Waals surface area contributed by atoms with Crippen LogP contribution >= 0.6 is 0 Å². The van der Waals surface area contributed by atoms with E-state index < -0.39 is 15.1 Å². The van der Waals surface area contributed by atoms with Crippen LogP contribution in [0, 0.1) is 0 Å². The van der Waals surface area contributed by atoms with Crippen molar-refractivity contribution in [2.75, 3.05) is 20.2 Å². The van der Waals surface area contributed by atoms with Crippen LogP contribution in [0.15, 0.2) is 47.1 Å². The van der Waals surface area contributed by atoms with Crippen LogP contribution in [-0.4, -0.2) is 49.7 Å². The number of nitrogens with zero attached hydrogens (tertiary/aromatic N) is 1. The number of carbonyl (C=O) groups excluding carboxylic acids is 1. The Hall–Kier alpha value is -2.74. The summed E-state index contributed by atoms with van der Waals surface area (Å²) in [6.45, 7) is 0.390. The standard InChI is InChI=1S/C18H18N2O5S/c1-24-13-5-4-12-7-17(19-16(12)8-13)18(21)20-9-15(10-20)26(22,23)11-14-3-2-6-25-14/h2-8,15,19H,9-11H2,1H3. The van der Waals surface area contributed by atoms with E-state index >= 15 is 0 Å². The van der Waals surface area contributed by atoms with Crippen LogP contribution in [0.2, 0.25) is 0 Å². The molecule has 2 aromatic heterocycles. The molecule has 1 fully saturated rings. The predicted molar refractivity (Wildman–Crippen MR) is 95.9 cm³/mol. The van der Waals surface area contributed by atoms with Gasteiger partial charge in [0.05, 0.1) is 18.6 Å². The molecule has 3 heterocycles. The van der Waals surface area contributed by atoms with Crippen LogP contribution in [0.4, 0.5) is 0 Å². The molecule has 8 heteroatoms. The number of fused-ring (bicyclic) bond motifs is 1. The number of amides is 1. The fourth-order valence-corrected chi connectivity index (χ4v) is 4.67. The molecule has 26 heavy (non-hydrogen) atoms. The van der Waals surface area contributed by atoms with Crippen LogP contribution in [0.3, 0.4) is 0 Å². The molecule has 1 amide bonds. The Balaban J connectivity index is 1.44. The summed E-state index contributed by atoms with van der Waals surface area (Å²) in [5.74, 6) is 0.772. The summed E-state index contributed by atoms with van der Waals surface area (Å²) < 4.78 is 35.0. The third-order valence-corrected chi connectivity index (χ3v) is 6.63. The van der Waals surface area contributed by atoms with E-state index in [1.165, 1.54) is 11.2 Å². The van der Waals surface area contributed by atoms with E-state index in [0.29, 0.717) is 17.2 Å². The van der Waals surface area contributed by atoms with Crippen molar-refractivity contribution in [3.8, 4) is 5.75 Å². The number of hydrogen-bond donors (Lipinski definition) is 1. The predicted octanol–water partition coefficient (Wildman–Crippen LogP) is 2.21. The maximum atomic E-state index is 12.6. The molecule has 0 atom stereocenters. The number of benzene rings is 1. The second-order valence-corrected chi connectivity index (χ2v) is 8.64. The van der Waals surface area contributed by atoms with E-state index in [1.807, 2.05) is 18.2 Å². The van der Waals surface area contributed by atoms with Crippen LogP contribution in [0.5, 0.6) is 5.75 Å². The first kappa shape index (κ1) is 16.7. The lowest BCUT2D eigenvalue weighted by molar-refractivity contribution is 0.0653. The summed E-state index contributed by atoms with van der Waals surface area (Å²) in [7, 11) is -1.76. The van der Waals surface area contributed by atoms with Gasteiger partial charge in [0.15, 0.2) is 9.84 Å². The smallest absolute Gasteiger partial charge is 0.270 e. The van der Waals surface area contributed by atoms with Crippen LogP contribution in [0.25, 0.3) is 10.9 Å². The summed E-state index contributed by atoms with van der Waals surface area (Å²) in [5.41, 5.74) is 1.24. The third kappa shape index (κ3) is 2.96. The van der Waals surface area contributed by atoms with Crippen molar-refractivity contribution in [2.45, 2.75) is 11.0 Å². The van der Waals surface area contributed by atoms with Gasteiger partial charge in [0.1, 0.15) is 23.0 Å². The van der Waals surface area contributed by atoms with E-state index in [2.05, 4.69) is 4.98 Å². The number of carbonyl (C=O) groups is 1. The lowest BCUT2D eigenvalue weighted by Gasteiger charge is -2.38. The van der Waals surface area contributed by atoms with Crippen molar-refractivity contribution >= 4 is 26.6 Å². The van der Waals surface area contributed by atoms with Gasteiger partial charge in [-0.1, -0.05) is 0 Å². The van der Waals surface area contributed by atoms with Gasteiger partial charge in [0.2, 0.25) is 0 Å². The van der Waals surface area contributed by atoms with E-state index in [9.17, 15) is 13.2 Å². The molecule has 0 bridgehead atoms. The number of furan rings is 1. The molecule has 0 saturated carbocycles. The number of hydrogen-bond acceptors (Lipinski definition) is 5. The number of aromatic amines is 1. The molecule has 7 nitrogen and oxygen atoms in total. The summed E-state index contributed by atoms with van der Waals surface area (Å²) >= 11 is 0. The summed E-state index contributed by atoms with van der Waals surface area (Å²) in [6.07, 6.45) is 1.45. The Bertz CT molecular complexity index is 1050. The Kier molecular flexibility index (Phi) is 3.99. The van der Waals surface area contributed by atoms with Crippen LogP contribution in [-0.2, 0) is 15.6 Å². The minimum absolute atomic E-state index is 0.140. The number of sulfone groups is 1. The highest BCUT2D eigenvalue weighted by molar-refractivity contribution is 7.91. The van der Waals surface area contributed by atoms with E-state index in [4.69, 9.17) is 9.15 Å². The molecule has 4 rings (SSSR count). The Morgan fingerprint density at radius 1 is 1.31 bits per heavy atom. The van der Waals surface area contributed by atoms with Gasteiger partial charge in [-0.3, -0.25) is 4.79 Å². The molecule has 136 valence electrons. The number of rotatable bonds is 5. The van der Waals surface area contributed by atoms with Crippen molar-refractivity contribution in [2.24, 2.45) is 0 Å². The monoisotopic (exact) mass is 374 g/mol. The topological polar surface area (TPSA) is 92.6 Å². The summed E-state index contributed by atoms with van der Waals surface area (Å²) in [4.78, 5) is 17.2. The Labute approximate surface area is 150 Å². The van der Waals surface area contributed by atoms with Crippen LogP contribution < -0.4 is 4.74 Å². The quantitative estimate of drug-likeness (QED) is 0.739. The molecule has 0 spiro atoms. The molecule has 0 aliphatic carbocycles. The van der Waals surface area contributed by atoms with Crippen molar-refractivity contribution in [1.82, 2.24) is 9.88 Å². The third-order valence-electron chi connectivity index (χ3n) is 4.63. The van der Waals surface area contributed by atoms with Crippen molar-refractivity contribution < 1.29 is 22.4 Å². The molecular formula is C18H18N2O5S. The van der Waals surface area contributed by atoms with Gasteiger partial charge in [-0.05, 0) is 30.3 Å². The molecule has 1 aromatic carbocycles. The van der Waals surface area contributed by atoms with Gasteiger partial charge in [0, 0.05) is 30.1 Å². The number of methoxy groups -OCH3 is 1. The average molecular weight is 374 g/mol. The Morgan fingerprint density at radius 3 is 2.81 bits per heavy atom. The maximum Gasteiger partial charge on any atom is 0.270 e. The molecule has 1 aliphatic heterocycles. The fourth-order valence-electron chi connectivity index (χ4n) is 3.06. The SMILES string of the molecule is COc1ccc2cc(C(=O)N3CC(S(=O)(=O)Cc4ccco4)C3)[nH]c2c1. The second-order valence-electron chi connectivity index (χ2n) is 6.35. The zero-order valence-corrected chi connectivity index (χ0v) is 15.0. The first-order valence-corrected chi connectivity index (χ1v) is 9.88. The summed E-state index contributed by atoms with van der Waals surface area (Å²) in [5, 5.41) is 0.345. The number of likely N-dealkylation sites (tertiary alicyclic amines) is 1. The fraction of sp³-hybridized carbons (Fsp3) is 0.278. The van der Waals surface area contributed by atoms with Gasteiger partial charge in [-0.25, -0.2) is 8.42 Å². The van der Waals surface area contributed by atoms with Crippen molar-refractivity contribution in [1.29, 1.82) is 0 Å².